The number of nitrogen functional groups attached to an aromatic ring is 1. The van der Waals surface area contributed by atoms with Crippen molar-refractivity contribution in [2.75, 3.05) is 11.1 Å². The fourth-order valence-electron chi connectivity index (χ4n) is 2.57. The summed E-state index contributed by atoms with van der Waals surface area (Å²) in [6.07, 6.45) is 1.89. The second-order valence-electron chi connectivity index (χ2n) is 5.47. The van der Waals surface area contributed by atoms with Gasteiger partial charge in [-0.2, -0.15) is 0 Å². The van der Waals surface area contributed by atoms with Crippen LogP contribution in [0.15, 0.2) is 54.6 Å². The molecule has 0 bridgehead atoms. The van der Waals surface area contributed by atoms with Gasteiger partial charge in [0, 0.05) is 29.0 Å². The van der Waals surface area contributed by atoms with Crippen LogP contribution in [0, 0.1) is 0 Å². The van der Waals surface area contributed by atoms with Gasteiger partial charge >= 0.3 is 0 Å². The molecule has 4 nitrogen and oxygen atoms in total. The largest absolute Gasteiger partial charge is 0.399 e. The zero-order chi connectivity index (χ0) is 14.7. The van der Waals surface area contributed by atoms with Crippen molar-refractivity contribution in [1.82, 2.24) is 5.32 Å². The Bertz CT molecular complexity index is 621. The first-order valence-electron chi connectivity index (χ1n) is 7.19. The fraction of sp³-hybridized carbons (Fsp3) is 0.235. The summed E-state index contributed by atoms with van der Waals surface area (Å²) in [7, 11) is 0. The molecule has 3 rings (SSSR count). The topological polar surface area (TPSA) is 67.2 Å². The summed E-state index contributed by atoms with van der Waals surface area (Å²) in [5, 5.41) is 6.50. The summed E-state index contributed by atoms with van der Waals surface area (Å²) in [5.74, 6) is -0.0505. The monoisotopic (exact) mass is 281 g/mol. The Morgan fingerprint density at radius 1 is 1.00 bits per heavy atom. The summed E-state index contributed by atoms with van der Waals surface area (Å²) in [6.45, 7) is 0. The van der Waals surface area contributed by atoms with E-state index in [1.165, 1.54) is 0 Å². The van der Waals surface area contributed by atoms with Crippen LogP contribution in [-0.4, -0.2) is 18.0 Å². The lowest BCUT2D eigenvalue weighted by molar-refractivity contribution is 0.0913. The minimum Gasteiger partial charge on any atom is -0.399 e. The van der Waals surface area contributed by atoms with Gasteiger partial charge in [0.1, 0.15) is 0 Å². The van der Waals surface area contributed by atoms with E-state index in [1.807, 2.05) is 18.2 Å². The zero-order valence-electron chi connectivity index (χ0n) is 11.8. The molecule has 0 heterocycles. The predicted octanol–water partition coefficient (Wildman–Crippen LogP) is 2.64. The quantitative estimate of drug-likeness (QED) is 0.755. The number of anilines is 2. The van der Waals surface area contributed by atoms with E-state index in [0.29, 0.717) is 17.3 Å². The van der Waals surface area contributed by atoms with Gasteiger partial charge in [0.2, 0.25) is 0 Å². The first-order chi connectivity index (χ1) is 10.2. The van der Waals surface area contributed by atoms with Crippen LogP contribution in [0.1, 0.15) is 23.2 Å². The van der Waals surface area contributed by atoms with E-state index in [-0.39, 0.29) is 11.9 Å². The smallest absolute Gasteiger partial charge is 0.251 e. The third-order valence-corrected chi connectivity index (χ3v) is 3.77. The molecule has 0 saturated heterocycles. The fourth-order valence-corrected chi connectivity index (χ4v) is 2.57. The van der Waals surface area contributed by atoms with Gasteiger partial charge < -0.3 is 16.4 Å². The summed E-state index contributed by atoms with van der Waals surface area (Å²) < 4.78 is 0. The van der Waals surface area contributed by atoms with Gasteiger partial charge in [-0.15, -0.1) is 0 Å². The lowest BCUT2D eigenvalue weighted by Gasteiger charge is -2.37. The molecule has 1 saturated carbocycles. The van der Waals surface area contributed by atoms with E-state index in [1.54, 1.807) is 24.3 Å². The molecule has 1 amide bonds. The van der Waals surface area contributed by atoms with Gasteiger partial charge in [-0.1, -0.05) is 24.3 Å². The van der Waals surface area contributed by atoms with E-state index in [0.717, 1.165) is 18.5 Å². The van der Waals surface area contributed by atoms with Crippen LogP contribution in [0.25, 0.3) is 0 Å². The van der Waals surface area contributed by atoms with Crippen molar-refractivity contribution in [1.29, 1.82) is 0 Å². The highest BCUT2D eigenvalue weighted by Gasteiger charge is 2.30. The van der Waals surface area contributed by atoms with Crippen LogP contribution < -0.4 is 16.4 Å². The number of benzene rings is 2. The van der Waals surface area contributed by atoms with E-state index in [4.69, 9.17) is 5.73 Å². The molecule has 4 N–H and O–H groups in total. The molecule has 0 aliphatic heterocycles. The molecule has 2 aromatic carbocycles. The second kappa shape index (κ2) is 5.87. The van der Waals surface area contributed by atoms with Crippen molar-refractivity contribution in [2.45, 2.75) is 24.9 Å². The number of para-hydroxylation sites is 1. The van der Waals surface area contributed by atoms with Gasteiger partial charge in [-0.05, 0) is 43.2 Å². The Morgan fingerprint density at radius 2 is 1.76 bits per heavy atom. The van der Waals surface area contributed by atoms with Crippen LogP contribution in [0.4, 0.5) is 11.4 Å². The van der Waals surface area contributed by atoms with E-state index >= 15 is 0 Å². The maximum Gasteiger partial charge on any atom is 0.251 e. The number of carbonyl (C=O) groups is 1. The summed E-state index contributed by atoms with van der Waals surface area (Å²) in [6, 6.07) is 17.9. The standard InChI is InChI=1S/C17H19N3O/c18-13-6-4-5-12(9-13)17(21)20-16-10-15(11-16)19-14-7-2-1-3-8-14/h1-9,15-16,19H,10-11,18H2,(H,20,21). The zero-order valence-corrected chi connectivity index (χ0v) is 11.8. The van der Waals surface area contributed by atoms with Crippen molar-refractivity contribution in [3.63, 3.8) is 0 Å². The van der Waals surface area contributed by atoms with Gasteiger partial charge in [0.05, 0.1) is 0 Å². The van der Waals surface area contributed by atoms with Crippen molar-refractivity contribution in [2.24, 2.45) is 0 Å². The lowest BCUT2D eigenvalue weighted by Crippen LogP contribution is -2.49. The first kappa shape index (κ1) is 13.5. The molecule has 0 radical (unpaired) electrons. The number of amides is 1. The Morgan fingerprint density at radius 3 is 2.48 bits per heavy atom. The number of carbonyl (C=O) groups excluding carboxylic acids is 1. The average Bonchev–Trinajstić information content (AvgIpc) is 2.46. The van der Waals surface area contributed by atoms with E-state index < -0.39 is 0 Å². The van der Waals surface area contributed by atoms with Crippen molar-refractivity contribution in [3.8, 4) is 0 Å². The van der Waals surface area contributed by atoms with E-state index in [9.17, 15) is 4.79 Å². The summed E-state index contributed by atoms with van der Waals surface area (Å²) >= 11 is 0. The molecule has 0 unspecified atom stereocenters. The second-order valence-corrected chi connectivity index (χ2v) is 5.47. The highest BCUT2D eigenvalue weighted by molar-refractivity contribution is 5.95. The summed E-state index contributed by atoms with van der Waals surface area (Å²) in [4.78, 5) is 12.1. The van der Waals surface area contributed by atoms with Crippen LogP contribution >= 0.6 is 0 Å². The van der Waals surface area contributed by atoms with Crippen LogP contribution in [0.5, 0.6) is 0 Å². The van der Waals surface area contributed by atoms with Crippen LogP contribution in [-0.2, 0) is 0 Å². The molecular formula is C17H19N3O. The Labute approximate surface area is 124 Å². The SMILES string of the molecule is Nc1cccc(C(=O)NC2CC(Nc3ccccc3)C2)c1. The molecule has 1 fully saturated rings. The molecule has 21 heavy (non-hydrogen) atoms. The van der Waals surface area contributed by atoms with Gasteiger partial charge in [0.15, 0.2) is 0 Å². The molecular weight excluding hydrogens is 262 g/mol. The maximum atomic E-state index is 12.1. The molecule has 1 aliphatic rings. The van der Waals surface area contributed by atoms with Crippen LogP contribution in [0.3, 0.4) is 0 Å². The third kappa shape index (κ3) is 3.34. The first-order valence-corrected chi connectivity index (χ1v) is 7.19. The maximum absolute atomic E-state index is 12.1. The predicted molar refractivity (Wildman–Crippen MR) is 85.2 cm³/mol. The van der Waals surface area contributed by atoms with Crippen molar-refractivity contribution < 1.29 is 4.79 Å². The normalized spacial score (nSPS) is 20.4. The van der Waals surface area contributed by atoms with Gasteiger partial charge in [-0.3, -0.25) is 4.79 Å². The highest BCUT2D eigenvalue weighted by Crippen LogP contribution is 2.24. The number of hydrogen-bond acceptors (Lipinski definition) is 3. The summed E-state index contributed by atoms with van der Waals surface area (Å²) in [5.41, 5.74) is 8.05. The number of rotatable bonds is 4. The molecule has 108 valence electrons. The number of nitrogens with one attached hydrogen (secondary N) is 2. The van der Waals surface area contributed by atoms with Gasteiger partial charge in [-0.25, -0.2) is 0 Å². The Hall–Kier alpha value is -2.49. The molecule has 1 aliphatic carbocycles. The molecule has 2 aromatic rings. The van der Waals surface area contributed by atoms with Crippen LogP contribution in [0.2, 0.25) is 0 Å². The average molecular weight is 281 g/mol. The number of nitrogens with two attached hydrogens (primary N) is 1. The minimum atomic E-state index is -0.0505. The molecule has 0 aromatic heterocycles. The third-order valence-electron chi connectivity index (χ3n) is 3.77. The molecule has 4 heteroatoms. The van der Waals surface area contributed by atoms with Crippen molar-refractivity contribution in [3.05, 3.63) is 60.2 Å². The van der Waals surface area contributed by atoms with Gasteiger partial charge in [0.25, 0.3) is 5.91 Å². The highest BCUT2D eigenvalue weighted by atomic mass is 16.1. The minimum absolute atomic E-state index is 0.0505. The molecule has 0 spiro atoms. The Kier molecular flexibility index (Phi) is 3.77. The van der Waals surface area contributed by atoms with E-state index in [2.05, 4.69) is 22.8 Å². The van der Waals surface area contributed by atoms with Crippen molar-refractivity contribution >= 4 is 17.3 Å². The Balaban J connectivity index is 1.48. The number of hydrogen-bond donors (Lipinski definition) is 3. The molecule has 0 atom stereocenters. The lowest BCUT2D eigenvalue weighted by atomic mass is 9.86.